The maximum absolute atomic E-state index is 12.5. The van der Waals surface area contributed by atoms with Crippen LogP contribution in [0.25, 0.3) is 10.9 Å². The Morgan fingerprint density at radius 1 is 1.29 bits per heavy atom. The van der Waals surface area contributed by atoms with Crippen molar-refractivity contribution in [3.8, 4) is 0 Å². The lowest BCUT2D eigenvalue weighted by Gasteiger charge is -2.34. The fourth-order valence-corrected chi connectivity index (χ4v) is 3.60. The van der Waals surface area contributed by atoms with Crippen molar-refractivity contribution < 1.29 is 14.0 Å². The Hall–Kier alpha value is -3.06. The Balaban J connectivity index is 1.36. The molecule has 3 aromatic rings. The zero-order valence-corrected chi connectivity index (χ0v) is 15.8. The molecule has 7 heteroatoms. The molecule has 4 rings (SSSR count). The van der Waals surface area contributed by atoms with Crippen molar-refractivity contribution >= 4 is 22.7 Å². The van der Waals surface area contributed by atoms with E-state index >= 15 is 0 Å². The van der Waals surface area contributed by atoms with Gasteiger partial charge >= 0.3 is 0 Å². The number of hydrogen-bond acceptors (Lipinski definition) is 4. The van der Waals surface area contributed by atoms with Gasteiger partial charge in [-0.3, -0.25) is 14.5 Å². The van der Waals surface area contributed by atoms with Crippen molar-refractivity contribution in [1.29, 1.82) is 0 Å². The molecular formula is C21H24N4O3. The number of aromatic amines is 1. The highest BCUT2D eigenvalue weighted by Crippen LogP contribution is 2.17. The van der Waals surface area contributed by atoms with Crippen LogP contribution in [0, 0.1) is 6.92 Å². The Labute approximate surface area is 163 Å². The zero-order valence-electron chi connectivity index (χ0n) is 15.8. The first-order valence-corrected chi connectivity index (χ1v) is 9.48. The molecule has 0 saturated carbocycles. The number of nitrogens with one attached hydrogen (secondary N) is 3. The van der Waals surface area contributed by atoms with Crippen LogP contribution >= 0.6 is 0 Å². The summed E-state index contributed by atoms with van der Waals surface area (Å²) in [5.74, 6) is 1.38. The van der Waals surface area contributed by atoms with E-state index in [0.717, 1.165) is 28.0 Å². The van der Waals surface area contributed by atoms with Crippen molar-refractivity contribution in [3.05, 3.63) is 59.7 Å². The van der Waals surface area contributed by atoms with Gasteiger partial charge in [-0.15, -0.1) is 0 Å². The van der Waals surface area contributed by atoms with Gasteiger partial charge in [0, 0.05) is 31.3 Å². The van der Waals surface area contributed by atoms with E-state index in [1.807, 2.05) is 54.4 Å². The van der Waals surface area contributed by atoms with Gasteiger partial charge in [0.1, 0.15) is 11.5 Å². The smallest absolute Gasteiger partial charge is 0.237 e. The standard InChI is InChI=1S/C21H24N4O3/c1-14-2-5-17(28-14)13-25-9-8-23-21(27)19(25)11-20(26)24-12-15-3-4-16-6-7-22-18(16)10-15/h2-7,10,19,22H,8-9,11-13H2,1H3,(H,23,27)(H,24,26)/t19-/m0/s1. The zero-order chi connectivity index (χ0) is 19.5. The largest absolute Gasteiger partial charge is 0.465 e. The fraction of sp³-hybridized carbons (Fsp3) is 0.333. The number of nitrogens with zero attached hydrogens (tertiary/aromatic N) is 1. The van der Waals surface area contributed by atoms with Gasteiger partial charge in [-0.05, 0) is 42.1 Å². The number of furan rings is 1. The van der Waals surface area contributed by atoms with Gasteiger partial charge in [0.05, 0.1) is 19.0 Å². The minimum Gasteiger partial charge on any atom is -0.465 e. The van der Waals surface area contributed by atoms with Gasteiger partial charge in [-0.2, -0.15) is 0 Å². The van der Waals surface area contributed by atoms with Crippen LogP contribution in [0.1, 0.15) is 23.5 Å². The van der Waals surface area contributed by atoms with Crippen LogP contribution in [0.5, 0.6) is 0 Å². The van der Waals surface area contributed by atoms with Crippen LogP contribution in [-0.2, 0) is 22.7 Å². The third-order valence-electron chi connectivity index (χ3n) is 5.08. The number of rotatable bonds is 6. The molecule has 1 aromatic carbocycles. The van der Waals surface area contributed by atoms with Crippen molar-refractivity contribution in [2.75, 3.05) is 13.1 Å². The molecule has 146 valence electrons. The number of carbonyl (C=O) groups is 2. The summed E-state index contributed by atoms with van der Waals surface area (Å²) in [7, 11) is 0. The summed E-state index contributed by atoms with van der Waals surface area (Å²) in [4.78, 5) is 30.0. The minimum atomic E-state index is -0.495. The lowest BCUT2D eigenvalue weighted by Crippen LogP contribution is -2.56. The van der Waals surface area contributed by atoms with Crippen LogP contribution in [0.3, 0.4) is 0 Å². The quantitative estimate of drug-likeness (QED) is 0.611. The predicted octanol–water partition coefficient (Wildman–Crippen LogP) is 2.08. The molecule has 1 atom stereocenters. The number of hydrogen-bond donors (Lipinski definition) is 3. The summed E-state index contributed by atoms with van der Waals surface area (Å²) >= 11 is 0. The molecule has 0 aliphatic carbocycles. The first kappa shape index (κ1) is 18.3. The maximum atomic E-state index is 12.5. The summed E-state index contributed by atoms with van der Waals surface area (Å²) in [5, 5.41) is 6.92. The molecule has 7 nitrogen and oxygen atoms in total. The average Bonchev–Trinajstić information content (AvgIpc) is 3.31. The fourth-order valence-electron chi connectivity index (χ4n) is 3.60. The van der Waals surface area contributed by atoms with E-state index in [-0.39, 0.29) is 18.2 Å². The second kappa shape index (κ2) is 7.90. The van der Waals surface area contributed by atoms with E-state index in [9.17, 15) is 9.59 Å². The molecule has 2 amide bonds. The first-order valence-electron chi connectivity index (χ1n) is 9.48. The maximum Gasteiger partial charge on any atom is 0.237 e. The minimum absolute atomic E-state index is 0.113. The number of benzene rings is 1. The van der Waals surface area contributed by atoms with Gasteiger partial charge in [0.15, 0.2) is 0 Å². The molecule has 0 spiro atoms. The number of piperazine rings is 1. The molecule has 1 fully saturated rings. The highest BCUT2D eigenvalue weighted by atomic mass is 16.3. The van der Waals surface area contributed by atoms with Crippen LogP contribution in [0.2, 0.25) is 0 Å². The molecule has 1 saturated heterocycles. The summed E-state index contributed by atoms with van der Waals surface area (Å²) < 4.78 is 5.63. The molecule has 1 aliphatic rings. The van der Waals surface area contributed by atoms with Gasteiger partial charge in [-0.1, -0.05) is 12.1 Å². The Morgan fingerprint density at radius 2 is 2.18 bits per heavy atom. The van der Waals surface area contributed by atoms with Crippen molar-refractivity contribution in [3.63, 3.8) is 0 Å². The molecule has 1 aliphatic heterocycles. The Kier molecular flexibility index (Phi) is 5.16. The van der Waals surface area contributed by atoms with Crippen LogP contribution in [0.15, 0.2) is 47.0 Å². The van der Waals surface area contributed by atoms with E-state index in [1.165, 1.54) is 0 Å². The normalized spacial score (nSPS) is 17.6. The number of H-pyrrole nitrogens is 1. The monoisotopic (exact) mass is 380 g/mol. The second-order valence-electron chi connectivity index (χ2n) is 7.17. The molecule has 2 aromatic heterocycles. The van der Waals surface area contributed by atoms with Crippen LogP contribution in [-0.4, -0.2) is 40.8 Å². The van der Waals surface area contributed by atoms with Crippen LogP contribution < -0.4 is 10.6 Å². The van der Waals surface area contributed by atoms with E-state index in [0.29, 0.717) is 26.2 Å². The van der Waals surface area contributed by atoms with Crippen molar-refractivity contribution in [2.45, 2.75) is 32.5 Å². The molecular weight excluding hydrogens is 356 g/mol. The van der Waals surface area contributed by atoms with E-state index in [1.54, 1.807) is 0 Å². The predicted molar refractivity (Wildman–Crippen MR) is 105 cm³/mol. The molecule has 0 radical (unpaired) electrons. The molecule has 3 heterocycles. The summed E-state index contributed by atoms with van der Waals surface area (Å²) in [6.45, 7) is 4.10. The third kappa shape index (κ3) is 4.09. The Bertz CT molecular complexity index is 990. The SMILES string of the molecule is Cc1ccc(CN2CCNC(=O)[C@@H]2CC(=O)NCc2ccc3cc[nH]c3c2)o1. The van der Waals surface area contributed by atoms with Gasteiger partial charge in [0.25, 0.3) is 0 Å². The highest BCUT2D eigenvalue weighted by molar-refractivity contribution is 5.89. The number of carbonyl (C=O) groups excluding carboxylic acids is 2. The summed E-state index contributed by atoms with van der Waals surface area (Å²) in [5.41, 5.74) is 2.05. The first-order chi connectivity index (χ1) is 13.6. The van der Waals surface area contributed by atoms with Crippen molar-refractivity contribution in [2.24, 2.45) is 0 Å². The van der Waals surface area contributed by atoms with Gasteiger partial charge < -0.3 is 20.0 Å². The average molecular weight is 380 g/mol. The third-order valence-corrected chi connectivity index (χ3v) is 5.08. The van der Waals surface area contributed by atoms with Gasteiger partial charge in [-0.25, -0.2) is 0 Å². The molecule has 28 heavy (non-hydrogen) atoms. The van der Waals surface area contributed by atoms with E-state index in [4.69, 9.17) is 4.42 Å². The lowest BCUT2D eigenvalue weighted by molar-refractivity contribution is -0.134. The summed E-state index contributed by atoms with van der Waals surface area (Å²) in [6.07, 6.45) is 2.01. The summed E-state index contributed by atoms with van der Waals surface area (Å²) in [6, 6.07) is 11.4. The molecule has 0 bridgehead atoms. The highest BCUT2D eigenvalue weighted by Gasteiger charge is 2.32. The topological polar surface area (TPSA) is 90.4 Å². The number of amides is 2. The van der Waals surface area contributed by atoms with Crippen molar-refractivity contribution in [1.82, 2.24) is 20.5 Å². The molecule has 3 N–H and O–H groups in total. The van der Waals surface area contributed by atoms with Gasteiger partial charge in [0.2, 0.25) is 11.8 Å². The molecule has 0 unspecified atom stereocenters. The Morgan fingerprint density at radius 3 is 3.00 bits per heavy atom. The van der Waals surface area contributed by atoms with Crippen LogP contribution in [0.4, 0.5) is 0 Å². The lowest BCUT2D eigenvalue weighted by atomic mass is 10.1. The van der Waals surface area contributed by atoms with E-state index < -0.39 is 6.04 Å². The second-order valence-corrected chi connectivity index (χ2v) is 7.17. The number of aryl methyl sites for hydroxylation is 1. The number of fused-ring (bicyclic) bond motifs is 1. The van der Waals surface area contributed by atoms with E-state index in [2.05, 4.69) is 15.6 Å². The number of aromatic nitrogens is 1.